The first kappa shape index (κ1) is 17.3. The summed E-state index contributed by atoms with van der Waals surface area (Å²) in [5, 5.41) is 0. The summed E-state index contributed by atoms with van der Waals surface area (Å²) in [5.74, 6) is 3.83. The van der Waals surface area contributed by atoms with Crippen LogP contribution in [-0.4, -0.2) is 47.8 Å². The molecule has 5 fully saturated rings. The number of rotatable bonds is 4. The minimum atomic E-state index is -0.0553. The Morgan fingerprint density at radius 2 is 1.56 bits per heavy atom. The first-order valence-corrected chi connectivity index (χ1v) is 10.7. The third kappa shape index (κ3) is 3.19. The van der Waals surface area contributed by atoms with E-state index in [-0.39, 0.29) is 11.3 Å². The maximum atomic E-state index is 13.4. The Labute approximate surface area is 161 Å². The molecule has 5 nitrogen and oxygen atoms in total. The van der Waals surface area contributed by atoms with Gasteiger partial charge in [0.2, 0.25) is 11.8 Å². The zero-order valence-electron chi connectivity index (χ0n) is 16.1. The Morgan fingerprint density at radius 1 is 0.963 bits per heavy atom. The van der Waals surface area contributed by atoms with E-state index in [9.17, 15) is 9.59 Å². The Hall–Kier alpha value is -1.78. The third-order valence-corrected chi connectivity index (χ3v) is 7.58. The van der Waals surface area contributed by atoms with E-state index in [1.807, 2.05) is 17.0 Å². The molecule has 5 heteroatoms. The van der Waals surface area contributed by atoms with E-state index in [1.165, 1.54) is 19.3 Å². The van der Waals surface area contributed by atoms with E-state index in [0.29, 0.717) is 44.9 Å². The lowest BCUT2D eigenvalue weighted by atomic mass is 9.49. The van der Waals surface area contributed by atoms with Gasteiger partial charge in [-0.05, 0) is 68.4 Å². The van der Waals surface area contributed by atoms with Crippen LogP contribution in [0, 0.1) is 23.2 Å². The van der Waals surface area contributed by atoms with Crippen LogP contribution in [0.2, 0.25) is 0 Å². The van der Waals surface area contributed by atoms with Gasteiger partial charge >= 0.3 is 0 Å². The second-order valence-electron chi connectivity index (χ2n) is 9.45. The van der Waals surface area contributed by atoms with Gasteiger partial charge in [0.25, 0.3) is 0 Å². The highest BCUT2D eigenvalue weighted by Crippen LogP contribution is 2.60. The smallest absolute Gasteiger partial charge is 0.228 e. The number of furan rings is 1. The van der Waals surface area contributed by atoms with Gasteiger partial charge in [-0.3, -0.25) is 9.59 Å². The van der Waals surface area contributed by atoms with E-state index < -0.39 is 0 Å². The summed E-state index contributed by atoms with van der Waals surface area (Å²) >= 11 is 0. The zero-order chi connectivity index (χ0) is 18.4. The van der Waals surface area contributed by atoms with Crippen LogP contribution in [0.3, 0.4) is 0 Å². The highest BCUT2D eigenvalue weighted by atomic mass is 16.3. The van der Waals surface area contributed by atoms with Crippen molar-refractivity contribution in [3.05, 3.63) is 24.2 Å². The normalized spacial score (nSPS) is 34.9. The predicted octanol–water partition coefficient (Wildman–Crippen LogP) is 3.10. The predicted molar refractivity (Wildman–Crippen MR) is 101 cm³/mol. The second-order valence-corrected chi connectivity index (χ2v) is 9.45. The molecule has 0 aromatic carbocycles. The van der Waals surface area contributed by atoms with Gasteiger partial charge in [0.1, 0.15) is 5.76 Å². The molecule has 0 unspecified atom stereocenters. The van der Waals surface area contributed by atoms with Gasteiger partial charge in [-0.2, -0.15) is 0 Å². The lowest BCUT2D eigenvalue weighted by molar-refractivity contribution is -0.160. The van der Waals surface area contributed by atoms with Gasteiger partial charge in [-0.15, -0.1) is 0 Å². The molecular weight excluding hydrogens is 340 g/mol. The minimum absolute atomic E-state index is 0.0553. The van der Waals surface area contributed by atoms with Crippen molar-refractivity contribution in [1.82, 2.24) is 9.80 Å². The van der Waals surface area contributed by atoms with Gasteiger partial charge in [-0.1, -0.05) is 0 Å². The molecule has 6 rings (SSSR count). The molecule has 5 aliphatic rings. The highest BCUT2D eigenvalue weighted by Gasteiger charge is 2.55. The fraction of sp³-hybridized carbons (Fsp3) is 0.727. The van der Waals surface area contributed by atoms with Crippen molar-refractivity contribution in [2.24, 2.45) is 23.2 Å². The van der Waals surface area contributed by atoms with Crippen LogP contribution >= 0.6 is 0 Å². The number of hydrogen-bond acceptors (Lipinski definition) is 3. The number of carbonyl (C=O) groups excluding carboxylic acids is 2. The second kappa shape index (κ2) is 6.68. The van der Waals surface area contributed by atoms with Crippen molar-refractivity contribution in [2.45, 2.75) is 51.4 Å². The summed E-state index contributed by atoms with van der Waals surface area (Å²) in [5.41, 5.74) is -0.0553. The molecule has 0 radical (unpaired) electrons. The summed E-state index contributed by atoms with van der Waals surface area (Å²) in [6, 6.07) is 3.77. The van der Waals surface area contributed by atoms with Crippen LogP contribution in [0.15, 0.2) is 22.8 Å². The fourth-order valence-electron chi connectivity index (χ4n) is 6.71. The molecule has 1 aromatic heterocycles. The standard InChI is InChI=1S/C22H30N2O3/c25-20(4-3-19-2-1-9-27-19)23-5-7-24(8-6-23)21(26)22-13-16-10-17(14-22)12-18(11-16)15-22/h1-2,9,16-18H,3-8,10-15H2. The minimum Gasteiger partial charge on any atom is -0.469 e. The summed E-state index contributed by atoms with van der Waals surface area (Å²) < 4.78 is 5.31. The quantitative estimate of drug-likeness (QED) is 0.818. The summed E-state index contributed by atoms with van der Waals surface area (Å²) in [6.07, 6.45) is 10.3. The number of amides is 2. The zero-order valence-corrected chi connectivity index (χ0v) is 16.1. The molecule has 4 bridgehead atoms. The molecule has 1 saturated heterocycles. The lowest BCUT2D eigenvalue weighted by Crippen LogP contribution is -2.58. The average molecular weight is 370 g/mol. The van der Waals surface area contributed by atoms with E-state index >= 15 is 0 Å². The number of nitrogens with zero attached hydrogens (tertiary/aromatic N) is 2. The van der Waals surface area contributed by atoms with E-state index in [2.05, 4.69) is 4.90 Å². The van der Waals surface area contributed by atoms with E-state index in [4.69, 9.17) is 4.42 Å². The maximum absolute atomic E-state index is 13.4. The molecule has 2 heterocycles. The first-order chi connectivity index (χ1) is 13.1. The van der Waals surface area contributed by atoms with Gasteiger partial charge in [0, 0.05) is 39.0 Å². The summed E-state index contributed by atoms with van der Waals surface area (Å²) in [7, 11) is 0. The molecule has 0 spiro atoms. The first-order valence-electron chi connectivity index (χ1n) is 10.7. The number of hydrogen-bond donors (Lipinski definition) is 0. The van der Waals surface area contributed by atoms with Crippen molar-refractivity contribution in [1.29, 1.82) is 0 Å². The molecule has 4 saturated carbocycles. The summed E-state index contributed by atoms with van der Waals surface area (Å²) in [4.78, 5) is 29.9. The Bertz CT molecular complexity index is 668. The van der Waals surface area contributed by atoms with Crippen LogP contribution in [0.1, 0.15) is 50.7 Å². The van der Waals surface area contributed by atoms with Gasteiger partial charge in [0.15, 0.2) is 0 Å². The van der Waals surface area contributed by atoms with Crippen molar-refractivity contribution in [3.63, 3.8) is 0 Å². The maximum Gasteiger partial charge on any atom is 0.228 e. The SMILES string of the molecule is O=C(CCc1ccco1)N1CCN(C(=O)C23CC4CC(CC(C4)C2)C3)CC1. The molecule has 146 valence electrons. The molecule has 1 aliphatic heterocycles. The largest absolute Gasteiger partial charge is 0.469 e. The van der Waals surface area contributed by atoms with Crippen LogP contribution < -0.4 is 0 Å². The molecule has 0 N–H and O–H groups in total. The molecule has 27 heavy (non-hydrogen) atoms. The average Bonchev–Trinajstić information content (AvgIpc) is 3.18. The lowest BCUT2D eigenvalue weighted by Gasteiger charge is -2.57. The van der Waals surface area contributed by atoms with Gasteiger partial charge in [-0.25, -0.2) is 0 Å². The van der Waals surface area contributed by atoms with Crippen LogP contribution in [0.25, 0.3) is 0 Å². The molecule has 4 aliphatic carbocycles. The topological polar surface area (TPSA) is 53.8 Å². The van der Waals surface area contributed by atoms with Crippen molar-refractivity contribution in [3.8, 4) is 0 Å². The van der Waals surface area contributed by atoms with Crippen LogP contribution in [0.5, 0.6) is 0 Å². The van der Waals surface area contributed by atoms with E-state index in [0.717, 1.165) is 42.8 Å². The van der Waals surface area contributed by atoms with Gasteiger partial charge in [0.05, 0.1) is 11.7 Å². The van der Waals surface area contributed by atoms with Crippen LogP contribution in [0.4, 0.5) is 0 Å². The molecule has 1 aromatic rings. The van der Waals surface area contributed by atoms with E-state index in [1.54, 1.807) is 6.26 Å². The van der Waals surface area contributed by atoms with Crippen molar-refractivity contribution >= 4 is 11.8 Å². The third-order valence-electron chi connectivity index (χ3n) is 7.58. The molecule has 0 atom stereocenters. The number of piperazine rings is 1. The molecular formula is C22H30N2O3. The Morgan fingerprint density at radius 3 is 2.11 bits per heavy atom. The van der Waals surface area contributed by atoms with Gasteiger partial charge < -0.3 is 14.2 Å². The summed E-state index contributed by atoms with van der Waals surface area (Å²) in [6.45, 7) is 2.75. The van der Waals surface area contributed by atoms with Crippen molar-refractivity contribution < 1.29 is 14.0 Å². The monoisotopic (exact) mass is 370 g/mol. The Balaban J connectivity index is 1.16. The molecule has 2 amide bonds. The number of carbonyl (C=O) groups is 2. The fourth-order valence-corrected chi connectivity index (χ4v) is 6.71. The number of aryl methyl sites for hydroxylation is 1. The Kier molecular flexibility index (Phi) is 4.29. The van der Waals surface area contributed by atoms with Crippen molar-refractivity contribution in [2.75, 3.05) is 26.2 Å². The van der Waals surface area contributed by atoms with Crippen LogP contribution in [-0.2, 0) is 16.0 Å². The highest BCUT2D eigenvalue weighted by molar-refractivity contribution is 5.84.